The maximum absolute atomic E-state index is 13.2. The number of carbonyl (C=O) groups excluding carboxylic acids is 1. The maximum atomic E-state index is 13.2. The fourth-order valence-electron chi connectivity index (χ4n) is 5.09. The van der Waals surface area contributed by atoms with E-state index in [-0.39, 0.29) is 18.1 Å². The van der Waals surface area contributed by atoms with Gasteiger partial charge in [-0.3, -0.25) is 9.47 Å². The van der Waals surface area contributed by atoms with E-state index in [1.807, 2.05) is 70.1 Å². The third kappa shape index (κ3) is 4.76. The molecule has 0 spiro atoms. The largest absolute Gasteiger partial charge is 0.350 e. The number of nitrogens with one attached hydrogen (secondary N) is 2. The number of urea groups is 1. The number of likely N-dealkylation sites (N-methyl/N-ethyl adjacent to an activating group) is 1. The van der Waals surface area contributed by atoms with Crippen LogP contribution in [0.15, 0.2) is 85.3 Å². The van der Waals surface area contributed by atoms with Crippen LogP contribution in [0, 0.1) is 0 Å². The molecular formula is C29H30N8O. The molecule has 2 amide bonds. The molecule has 2 aromatic heterocycles. The Labute approximate surface area is 221 Å². The number of amides is 2. The number of hydrogen-bond acceptors (Lipinski definition) is 6. The van der Waals surface area contributed by atoms with Gasteiger partial charge in [0.2, 0.25) is 5.95 Å². The summed E-state index contributed by atoms with van der Waals surface area (Å²) in [6.45, 7) is 4.15. The molecule has 2 N–H and O–H groups in total. The first-order valence-electron chi connectivity index (χ1n) is 12.8. The Morgan fingerprint density at radius 2 is 1.79 bits per heavy atom. The number of piperazine rings is 1. The molecule has 3 aromatic carbocycles. The van der Waals surface area contributed by atoms with Crippen LogP contribution in [0.3, 0.4) is 0 Å². The van der Waals surface area contributed by atoms with E-state index in [1.165, 1.54) is 0 Å². The summed E-state index contributed by atoms with van der Waals surface area (Å²) < 4.78 is 1.96. The zero-order valence-corrected chi connectivity index (χ0v) is 21.5. The molecule has 1 aliphatic heterocycles. The minimum atomic E-state index is -0.0872. The van der Waals surface area contributed by atoms with Gasteiger partial charge in [-0.15, -0.1) is 0 Å². The molecule has 9 nitrogen and oxygen atoms in total. The number of rotatable bonds is 5. The van der Waals surface area contributed by atoms with Gasteiger partial charge in [0, 0.05) is 43.6 Å². The summed E-state index contributed by atoms with van der Waals surface area (Å²) in [6.07, 6.45) is 3.53. The first-order chi connectivity index (χ1) is 18.5. The van der Waals surface area contributed by atoms with Crippen molar-refractivity contribution in [1.82, 2.24) is 29.3 Å². The van der Waals surface area contributed by atoms with Crippen LogP contribution in [-0.2, 0) is 0 Å². The highest BCUT2D eigenvalue weighted by Crippen LogP contribution is 2.21. The molecule has 1 saturated heterocycles. The van der Waals surface area contributed by atoms with Crippen LogP contribution in [0.2, 0.25) is 0 Å². The van der Waals surface area contributed by atoms with Crippen LogP contribution < -0.4 is 10.6 Å². The van der Waals surface area contributed by atoms with Crippen molar-refractivity contribution in [2.45, 2.75) is 19.0 Å². The van der Waals surface area contributed by atoms with Crippen molar-refractivity contribution in [2.75, 3.05) is 37.3 Å². The molecule has 1 fully saturated rings. The lowest BCUT2D eigenvalue weighted by atomic mass is 10.1. The lowest BCUT2D eigenvalue weighted by molar-refractivity contribution is 0.108. The summed E-state index contributed by atoms with van der Waals surface area (Å²) >= 11 is 0. The Morgan fingerprint density at radius 1 is 0.974 bits per heavy atom. The quantitative estimate of drug-likeness (QED) is 0.362. The standard InChI is InChI=1S/C29H30N8O/c1-20(32-28-30-14-13-27(34-28)37-19-31-24-9-5-6-10-25(24)37)26-18-36(16-15-35(26)2)29(38)33-23-12-11-21-7-3-4-8-22(21)17-23/h3-14,17,19-20,26H,15-16,18H2,1-2H3,(H,33,38)(H,30,32,34). The molecule has 38 heavy (non-hydrogen) atoms. The van der Waals surface area contributed by atoms with Crippen LogP contribution in [0.4, 0.5) is 16.4 Å². The fraction of sp³-hybridized carbons (Fsp3) is 0.241. The molecule has 6 rings (SSSR count). The molecule has 9 heteroatoms. The van der Waals surface area contributed by atoms with E-state index in [0.717, 1.165) is 39.9 Å². The van der Waals surface area contributed by atoms with E-state index in [9.17, 15) is 4.79 Å². The summed E-state index contributed by atoms with van der Waals surface area (Å²) in [6, 6.07) is 24.0. The van der Waals surface area contributed by atoms with Gasteiger partial charge >= 0.3 is 6.03 Å². The van der Waals surface area contributed by atoms with E-state index in [4.69, 9.17) is 4.98 Å². The van der Waals surface area contributed by atoms with Gasteiger partial charge in [-0.2, -0.15) is 4.98 Å². The molecular weight excluding hydrogens is 476 g/mol. The minimum absolute atomic E-state index is 0.00560. The average molecular weight is 507 g/mol. The molecule has 1 aliphatic rings. The number of anilines is 2. The van der Waals surface area contributed by atoms with Gasteiger partial charge in [0.05, 0.1) is 11.0 Å². The van der Waals surface area contributed by atoms with Crippen molar-refractivity contribution >= 4 is 39.5 Å². The molecule has 5 aromatic rings. The van der Waals surface area contributed by atoms with Crippen LogP contribution in [0.25, 0.3) is 27.6 Å². The number of imidazole rings is 1. The molecule has 2 unspecified atom stereocenters. The van der Waals surface area contributed by atoms with E-state index >= 15 is 0 Å². The summed E-state index contributed by atoms with van der Waals surface area (Å²) in [5.74, 6) is 1.29. The zero-order valence-electron chi connectivity index (χ0n) is 21.5. The van der Waals surface area contributed by atoms with Gasteiger partial charge in [0.25, 0.3) is 0 Å². The number of fused-ring (bicyclic) bond motifs is 2. The smallest absolute Gasteiger partial charge is 0.321 e. The summed E-state index contributed by atoms with van der Waals surface area (Å²) in [5.41, 5.74) is 2.71. The lowest BCUT2D eigenvalue weighted by Crippen LogP contribution is -2.59. The van der Waals surface area contributed by atoms with Gasteiger partial charge in [-0.1, -0.05) is 42.5 Å². The second-order valence-electron chi connectivity index (χ2n) is 9.76. The van der Waals surface area contributed by atoms with Gasteiger partial charge in [0.1, 0.15) is 12.1 Å². The number of nitrogens with zero attached hydrogens (tertiary/aromatic N) is 6. The van der Waals surface area contributed by atoms with E-state index in [0.29, 0.717) is 19.0 Å². The second kappa shape index (κ2) is 10.1. The van der Waals surface area contributed by atoms with E-state index in [2.05, 4.69) is 51.6 Å². The van der Waals surface area contributed by atoms with Crippen molar-refractivity contribution in [3.63, 3.8) is 0 Å². The zero-order chi connectivity index (χ0) is 26.1. The SMILES string of the molecule is CC(Nc1nccc(-n2cnc3ccccc32)n1)C1CN(C(=O)Nc2ccc3ccccc3c2)CCN1C. The highest BCUT2D eigenvalue weighted by Gasteiger charge is 2.31. The monoisotopic (exact) mass is 506 g/mol. The molecule has 0 saturated carbocycles. The molecule has 0 aliphatic carbocycles. The summed E-state index contributed by atoms with van der Waals surface area (Å²) in [7, 11) is 2.09. The third-order valence-corrected chi connectivity index (χ3v) is 7.26. The predicted molar refractivity (Wildman–Crippen MR) is 151 cm³/mol. The number of benzene rings is 3. The molecule has 0 radical (unpaired) electrons. The first-order valence-corrected chi connectivity index (χ1v) is 12.8. The van der Waals surface area contributed by atoms with Gasteiger partial charge in [-0.25, -0.2) is 14.8 Å². The first kappa shape index (κ1) is 23.9. The second-order valence-corrected chi connectivity index (χ2v) is 9.76. The van der Waals surface area contributed by atoms with Crippen molar-refractivity contribution < 1.29 is 4.79 Å². The Balaban J connectivity index is 1.14. The summed E-state index contributed by atoms with van der Waals surface area (Å²) in [5, 5.41) is 8.80. The molecule has 2 atom stereocenters. The molecule has 3 heterocycles. The number of para-hydroxylation sites is 2. The van der Waals surface area contributed by atoms with Crippen molar-refractivity contribution in [2.24, 2.45) is 0 Å². The predicted octanol–water partition coefficient (Wildman–Crippen LogP) is 4.62. The summed E-state index contributed by atoms with van der Waals surface area (Å²) in [4.78, 5) is 31.0. The molecule has 0 bridgehead atoms. The normalized spacial score (nSPS) is 17.0. The number of hydrogen-bond donors (Lipinski definition) is 2. The third-order valence-electron chi connectivity index (χ3n) is 7.26. The highest BCUT2D eigenvalue weighted by atomic mass is 16.2. The maximum Gasteiger partial charge on any atom is 0.321 e. The van der Waals surface area contributed by atoms with Crippen molar-refractivity contribution in [1.29, 1.82) is 0 Å². The van der Waals surface area contributed by atoms with Crippen LogP contribution >= 0.6 is 0 Å². The highest BCUT2D eigenvalue weighted by molar-refractivity contribution is 5.93. The Hall–Kier alpha value is -4.50. The van der Waals surface area contributed by atoms with Crippen LogP contribution in [0.1, 0.15) is 6.92 Å². The van der Waals surface area contributed by atoms with Crippen molar-refractivity contribution in [3.8, 4) is 5.82 Å². The Bertz CT molecular complexity index is 1600. The number of aromatic nitrogens is 4. The minimum Gasteiger partial charge on any atom is -0.350 e. The van der Waals surface area contributed by atoms with Gasteiger partial charge < -0.3 is 15.5 Å². The van der Waals surface area contributed by atoms with Gasteiger partial charge in [0.15, 0.2) is 0 Å². The average Bonchev–Trinajstić information content (AvgIpc) is 3.37. The Morgan fingerprint density at radius 3 is 2.68 bits per heavy atom. The number of carbonyl (C=O) groups is 1. The van der Waals surface area contributed by atoms with Crippen LogP contribution in [-0.4, -0.2) is 74.1 Å². The molecule has 192 valence electrons. The lowest BCUT2D eigenvalue weighted by Gasteiger charge is -2.42. The topological polar surface area (TPSA) is 91.2 Å². The van der Waals surface area contributed by atoms with E-state index in [1.54, 1.807) is 12.5 Å². The van der Waals surface area contributed by atoms with Gasteiger partial charge in [-0.05, 0) is 55.1 Å². The Kier molecular flexibility index (Phi) is 6.35. The van der Waals surface area contributed by atoms with E-state index < -0.39 is 0 Å². The fourth-order valence-corrected chi connectivity index (χ4v) is 5.09. The van der Waals surface area contributed by atoms with Crippen molar-refractivity contribution in [3.05, 3.63) is 85.3 Å². The van der Waals surface area contributed by atoms with Crippen LogP contribution in [0.5, 0.6) is 0 Å².